The molecule has 1 heterocycles. The number of aromatic nitrogens is 3. The van der Waals surface area contributed by atoms with E-state index < -0.39 is 0 Å². The highest BCUT2D eigenvalue weighted by Crippen LogP contribution is 2.17. The molecule has 1 rings (SSSR count). The topological polar surface area (TPSA) is 93.9 Å². The van der Waals surface area contributed by atoms with Crippen LogP contribution in [-0.4, -0.2) is 15.0 Å². The summed E-state index contributed by atoms with van der Waals surface area (Å²) in [6.45, 7) is 0. The second-order valence-corrected chi connectivity index (χ2v) is 3.96. The third-order valence-corrected chi connectivity index (χ3v) is 1.44. The maximum atomic E-state index is 5.29. The highest BCUT2D eigenvalue weighted by Gasteiger charge is 2.04. The van der Waals surface area contributed by atoms with Crippen molar-refractivity contribution in [2.45, 2.75) is 0 Å². The summed E-state index contributed by atoms with van der Waals surface area (Å²) in [7, 11) is 0. The van der Waals surface area contributed by atoms with Gasteiger partial charge in [0.2, 0.25) is 11.9 Å². The third-order valence-electron chi connectivity index (χ3n) is 0.809. The summed E-state index contributed by atoms with van der Waals surface area (Å²) in [5.74, 6) is 0.461. The van der Waals surface area contributed by atoms with Crippen LogP contribution >= 0.6 is 32.3 Å². The molecular weight excluding hydrogens is 280 g/mol. The Bertz CT molecular complexity index is 242. The van der Waals surface area contributed by atoms with Crippen molar-refractivity contribution < 1.29 is 0 Å². The van der Waals surface area contributed by atoms with Crippen molar-refractivity contribution in [3.63, 3.8) is 0 Å². The molecule has 11 heavy (non-hydrogen) atoms. The standard InChI is InChI=1S/C3H4Br2N6/c4-11(5)3-9-1(6)8-2(7)10-3/h(H4,6,7,8,9,10). The number of hydrogen-bond acceptors (Lipinski definition) is 6. The van der Waals surface area contributed by atoms with Crippen LogP contribution in [0.4, 0.5) is 17.8 Å². The van der Waals surface area contributed by atoms with Gasteiger partial charge in [-0.15, -0.1) is 0 Å². The molecule has 4 N–H and O–H groups in total. The first-order valence-corrected chi connectivity index (χ1v) is 3.90. The number of halogens is 2. The number of anilines is 3. The largest absolute Gasteiger partial charge is 0.368 e. The molecule has 0 fully saturated rings. The van der Waals surface area contributed by atoms with Crippen LogP contribution in [0, 0.1) is 0 Å². The van der Waals surface area contributed by atoms with E-state index >= 15 is 0 Å². The average Bonchev–Trinajstić information content (AvgIpc) is 1.85. The normalized spacial score (nSPS) is 9.64. The Balaban J connectivity index is 3.08. The van der Waals surface area contributed by atoms with Crippen LogP contribution in [0.15, 0.2) is 0 Å². The predicted octanol–water partition coefficient (Wildman–Crippen LogP) is 0.462. The summed E-state index contributed by atoms with van der Waals surface area (Å²) in [6, 6.07) is 0. The Labute approximate surface area is 79.7 Å². The van der Waals surface area contributed by atoms with Gasteiger partial charge in [0.1, 0.15) is 0 Å². The van der Waals surface area contributed by atoms with Gasteiger partial charge in [-0.25, -0.2) is 2.95 Å². The molecule has 0 unspecified atom stereocenters. The van der Waals surface area contributed by atoms with Crippen molar-refractivity contribution in [1.29, 1.82) is 0 Å². The molecule has 0 spiro atoms. The minimum Gasteiger partial charge on any atom is -0.368 e. The molecule has 0 radical (unpaired) electrons. The van der Waals surface area contributed by atoms with E-state index in [1.165, 1.54) is 2.95 Å². The van der Waals surface area contributed by atoms with E-state index in [-0.39, 0.29) is 11.9 Å². The SMILES string of the molecule is Nc1nc(N)nc(N(Br)Br)n1. The van der Waals surface area contributed by atoms with E-state index in [0.717, 1.165) is 0 Å². The number of hydrogen-bond donors (Lipinski definition) is 2. The summed E-state index contributed by atoms with van der Waals surface area (Å²) in [5.41, 5.74) is 10.6. The highest BCUT2D eigenvalue weighted by molar-refractivity contribution is 9.25. The Morgan fingerprint density at radius 1 is 1.00 bits per heavy atom. The minimum atomic E-state index is 0.0800. The Morgan fingerprint density at radius 2 is 1.45 bits per heavy atom. The molecule has 60 valence electrons. The number of nitrogens with two attached hydrogens (primary N) is 2. The van der Waals surface area contributed by atoms with Crippen LogP contribution in [0.25, 0.3) is 0 Å². The zero-order valence-corrected chi connectivity index (χ0v) is 8.37. The molecule has 1 aromatic rings. The van der Waals surface area contributed by atoms with Gasteiger partial charge in [-0.1, -0.05) is 0 Å². The lowest BCUT2D eigenvalue weighted by molar-refractivity contribution is 1.08. The summed E-state index contributed by atoms with van der Waals surface area (Å²) in [5, 5.41) is 0. The van der Waals surface area contributed by atoms with Crippen molar-refractivity contribution in [2.24, 2.45) is 0 Å². The number of nitrogen functional groups attached to an aromatic ring is 2. The summed E-state index contributed by atoms with van der Waals surface area (Å²) in [6.07, 6.45) is 0. The van der Waals surface area contributed by atoms with Gasteiger partial charge in [0.05, 0.1) is 32.3 Å². The fraction of sp³-hybridized carbons (Fsp3) is 0. The van der Waals surface area contributed by atoms with Gasteiger partial charge >= 0.3 is 0 Å². The fourth-order valence-corrected chi connectivity index (χ4v) is 0.790. The molecule has 0 aliphatic heterocycles. The van der Waals surface area contributed by atoms with Crippen molar-refractivity contribution in [3.05, 3.63) is 0 Å². The lowest BCUT2D eigenvalue weighted by Crippen LogP contribution is -2.07. The van der Waals surface area contributed by atoms with Crippen molar-refractivity contribution in [1.82, 2.24) is 15.0 Å². The maximum absolute atomic E-state index is 5.29. The smallest absolute Gasteiger partial charge is 0.252 e. The maximum Gasteiger partial charge on any atom is 0.252 e. The van der Waals surface area contributed by atoms with Crippen molar-refractivity contribution in [2.75, 3.05) is 14.4 Å². The van der Waals surface area contributed by atoms with Gasteiger partial charge in [-0.3, -0.25) is 0 Å². The van der Waals surface area contributed by atoms with Crippen LogP contribution in [0.3, 0.4) is 0 Å². The third kappa shape index (κ3) is 2.15. The van der Waals surface area contributed by atoms with Crippen molar-refractivity contribution in [3.8, 4) is 0 Å². The monoisotopic (exact) mass is 282 g/mol. The summed E-state index contributed by atoms with van der Waals surface area (Å²) in [4.78, 5) is 11.1. The van der Waals surface area contributed by atoms with Crippen molar-refractivity contribution >= 4 is 50.1 Å². The van der Waals surface area contributed by atoms with Crippen LogP contribution in [0.1, 0.15) is 0 Å². The van der Waals surface area contributed by atoms with E-state index in [4.69, 9.17) is 11.5 Å². The van der Waals surface area contributed by atoms with E-state index in [1.54, 1.807) is 0 Å². The van der Waals surface area contributed by atoms with Gasteiger partial charge in [-0.05, 0) is 0 Å². The highest BCUT2D eigenvalue weighted by atomic mass is 79.9. The van der Waals surface area contributed by atoms with E-state index in [2.05, 4.69) is 47.2 Å². The minimum absolute atomic E-state index is 0.0800. The zero-order chi connectivity index (χ0) is 8.43. The van der Waals surface area contributed by atoms with E-state index in [0.29, 0.717) is 5.95 Å². The zero-order valence-electron chi connectivity index (χ0n) is 5.20. The molecule has 0 saturated heterocycles. The van der Waals surface area contributed by atoms with Gasteiger partial charge in [-0.2, -0.15) is 15.0 Å². The van der Waals surface area contributed by atoms with Crippen LogP contribution in [0.2, 0.25) is 0 Å². The lowest BCUT2D eigenvalue weighted by atomic mass is 10.9. The molecule has 0 aliphatic carbocycles. The van der Waals surface area contributed by atoms with Gasteiger partial charge < -0.3 is 11.5 Å². The first-order chi connectivity index (χ1) is 5.09. The van der Waals surface area contributed by atoms with Gasteiger partial charge in [0.15, 0.2) is 0 Å². The van der Waals surface area contributed by atoms with Gasteiger partial charge in [0.25, 0.3) is 5.95 Å². The fourth-order valence-electron chi connectivity index (χ4n) is 0.473. The Kier molecular flexibility index (Phi) is 2.45. The molecule has 0 bridgehead atoms. The quantitative estimate of drug-likeness (QED) is 0.728. The van der Waals surface area contributed by atoms with Crippen LogP contribution in [-0.2, 0) is 0 Å². The molecule has 0 amide bonds. The van der Waals surface area contributed by atoms with E-state index in [1.807, 2.05) is 0 Å². The number of rotatable bonds is 1. The van der Waals surface area contributed by atoms with Crippen LogP contribution in [0.5, 0.6) is 0 Å². The molecule has 0 aromatic carbocycles. The molecule has 1 aromatic heterocycles. The first kappa shape index (κ1) is 8.47. The Morgan fingerprint density at radius 3 is 1.82 bits per heavy atom. The van der Waals surface area contributed by atoms with E-state index in [9.17, 15) is 0 Å². The molecule has 0 saturated carbocycles. The Hall–Kier alpha value is -0.630. The second-order valence-electron chi connectivity index (χ2n) is 1.58. The van der Waals surface area contributed by atoms with Crippen LogP contribution < -0.4 is 14.4 Å². The molecular formula is C3H4Br2N6. The molecule has 0 atom stereocenters. The van der Waals surface area contributed by atoms with Gasteiger partial charge in [0, 0.05) is 0 Å². The predicted molar refractivity (Wildman–Crippen MR) is 49.0 cm³/mol. The summed E-state index contributed by atoms with van der Waals surface area (Å²) < 4.78 is 1.33. The molecule has 6 nitrogen and oxygen atoms in total. The first-order valence-electron chi connectivity index (χ1n) is 2.48. The number of nitrogens with zero attached hydrogens (tertiary/aromatic N) is 4. The lowest BCUT2D eigenvalue weighted by Gasteiger charge is -2.04. The molecule has 0 aliphatic rings. The summed E-state index contributed by atoms with van der Waals surface area (Å²) >= 11 is 6.07. The average molecular weight is 284 g/mol. The second kappa shape index (κ2) is 3.18. The molecule has 8 heteroatoms.